The van der Waals surface area contributed by atoms with Crippen LogP contribution in [-0.4, -0.2) is 53.0 Å². The van der Waals surface area contributed by atoms with Crippen LogP contribution in [0.4, 0.5) is 32.3 Å². The normalized spacial score (nSPS) is 19.5. The van der Waals surface area contributed by atoms with Crippen LogP contribution in [0, 0.1) is 0 Å². The number of carbonyl (C=O) groups is 1. The number of piperazine rings is 1. The molecule has 1 N–H and O–H groups in total. The summed E-state index contributed by atoms with van der Waals surface area (Å²) in [6.45, 7) is 4.94. The van der Waals surface area contributed by atoms with E-state index in [9.17, 15) is 31.1 Å². The van der Waals surface area contributed by atoms with Crippen molar-refractivity contribution in [3.63, 3.8) is 0 Å². The molecule has 1 aromatic heterocycles. The predicted molar refractivity (Wildman–Crippen MR) is 109 cm³/mol. The number of nitrogens with zero attached hydrogens (tertiary/aromatic N) is 4. The number of benzene rings is 1. The van der Waals surface area contributed by atoms with Gasteiger partial charge in [0.1, 0.15) is 0 Å². The van der Waals surface area contributed by atoms with Crippen LogP contribution < -0.4 is 10.2 Å². The fourth-order valence-electron chi connectivity index (χ4n) is 3.76. The number of amides is 1. The highest BCUT2D eigenvalue weighted by Crippen LogP contribution is 2.36. The van der Waals surface area contributed by atoms with Gasteiger partial charge >= 0.3 is 12.4 Å². The minimum atomic E-state index is -4.96. The van der Waals surface area contributed by atoms with Gasteiger partial charge in [-0.2, -0.15) is 26.3 Å². The SMILES string of the molecule is CC1CN(c2ncc(C(=O)N(C)Cc3cc(C(F)(F)F)cc(C(F)(F)F)c3)cn2)CC(C)N1. The number of carbonyl (C=O) groups excluding carboxylic acids is 1. The lowest BCUT2D eigenvalue weighted by molar-refractivity contribution is -0.143. The van der Waals surface area contributed by atoms with E-state index in [2.05, 4.69) is 15.3 Å². The number of hydrogen-bond donors (Lipinski definition) is 1. The molecule has 0 aliphatic carbocycles. The van der Waals surface area contributed by atoms with Crippen LogP contribution in [0.2, 0.25) is 0 Å². The average Bonchev–Trinajstić information content (AvgIpc) is 2.71. The molecule has 1 saturated heterocycles. The van der Waals surface area contributed by atoms with E-state index in [-0.39, 0.29) is 29.3 Å². The molecule has 1 aromatic carbocycles. The van der Waals surface area contributed by atoms with Gasteiger partial charge in [0.25, 0.3) is 5.91 Å². The second-order valence-electron chi connectivity index (χ2n) is 8.22. The van der Waals surface area contributed by atoms with Crippen molar-refractivity contribution in [2.75, 3.05) is 25.0 Å². The number of alkyl halides is 6. The summed E-state index contributed by atoms with van der Waals surface area (Å²) >= 11 is 0. The van der Waals surface area contributed by atoms with Gasteiger partial charge < -0.3 is 15.1 Å². The molecule has 33 heavy (non-hydrogen) atoms. The van der Waals surface area contributed by atoms with Gasteiger partial charge in [0, 0.05) is 51.2 Å². The zero-order chi connectivity index (χ0) is 24.6. The van der Waals surface area contributed by atoms with Crippen molar-refractivity contribution in [2.24, 2.45) is 0 Å². The monoisotopic (exact) mass is 475 g/mol. The third-order valence-corrected chi connectivity index (χ3v) is 5.14. The van der Waals surface area contributed by atoms with Crippen LogP contribution >= 0.6 is 0 Å². The average molecular weight is 475 g/mol. The van der Waals surface area contributed by atoms with E-state index in [1.165, 1.54) is 19.4 Å². The molecule has 2 aromatic rings. The Hall–Kier alpha value is -2.89. The van der Waals surface area contributed by atoms with Crippen LogP contribution in [-0.2, 0) is 18.9 Å². The quantitative estimate of drug-likeness (QED) is 0.679. The molecule has 12 heteroatoms. The molecule has 0 saturated carbocycles. The lowest BCUT2D eigenvalue weighted by Gasteiger charge is -2.36. The molecule has 2 heterocycles. The Labute approximate surface area is 186 Å². The third kappa shape index (κ3) is 6.12. The van der Waals surface area contributed by atoms with Crippen LogP contribution in [0.5, 0.6) is 0 Å². The first-order valence-electron chi connectivity index (χ1n) is 10.1. The fourth-order valence-corrected chi connectivity index (χ4v) is 3.76. The van der Waals surface area contributed by atoms with Gasteiger partial charge in [-0.15, -0.1) is 0 Å². The molecule has 1 aliphatic rings. The van der Waals surface area contributed by atoms with Crippen LogP contribution in [0.15, 0.2) is 30.6 Å². The molecule has 2 unspecified atom stereocenters. The maximum atomic E-state index is 13.1. The highest BCUT2D eigenvalue weighted by molar-refractivity contribution is 5.93. The highest BCUT2D eigenvalue weighted by atomic mass is 19.4. The molecule has 180 valence electrons. The molecular weight excluding hydrogens is 452 g/mol. The number of hydrogen-bond acceptors (Lipinski definition) is 5. The summed E-state index contributed by atoms with van der Waals surface area (Å²) in [4.78, 5) is 24.1. The van der Waals surface area contributed by atoms with Crippen molar-refractivity contribution in [1.82, 2.24) is 20.2 Å². The maximum absolute atomic E-state index is 13.1. The molecule has 2 atom stereocenters. The molecule has 0 radical (unpaired) electrons. The number of anilines is 1. The van der Waals surface area contributed by atoms with E-state index in [1.54, 1.807) is 0 Å². The number of aromatic nitrogens is 2. The number of rotatable bonds is 4. The number of halogens is 6. The molecule has 3 rings (SSSR count). The van der Waals surface area contributed by atoms with Crippen molar-refractivity contribution < 1.29 is 31.1 Å². The standard InChI is InChI=1S/C21H23F6N5O/c1-12-9-32(10-13(2)30-12)19-28-7-15(8-29-19)18(33)31(3)11-14-4-16(20(22,23)24)6-17(5-14)21(25,26)27/h4-8,12-13,30H,9-11H2,1-3H3. The summed E-state index contributed by atoms with van der Waals surface area (Å²) < 4.78 is 78.4. The molecular formula is C21H23F6N5O. The molecule has 1 fully saturated rings. The van der Waals surface area contributed by atoms with Crippen molar-refractivity contribution in [2.45, 2.75) is 44.8 Å². The van der Waals surface area contributed by atoms with Crippen LogP contribution in [0.25, 0.3) is 0 Å². The molecule has 1 aliphatic heterocycles. The van der Waals surface area contributed by atoms with Gasteiger partial charge in [-0.3, -0.25) is 4.79 Å². The lowest BCUT2D eigenvalue weighted by atomic mass is 10.0. The zero-order valence-corrected chi connectivity index (χ0v) is 18.1. The van der Waals surface area contributed by atoms with E-state index < -0.39 is 35.9 Å². The Morgan fingerprint density at radius 1 is 1.00 bits per heavy atom. The molecule has 6 nitrogen and oxygen atoms in total. The molecule has 1 amide bonds. The Balaban J connectivity index is 1.76. The second kappa shape index (κ2) is 9.16. The Bertz CT molecular complexity index is 950. The summed E-state index contributed by atoms with van der Waals surface area (Å²) in [6.07, 6.45) is -7.32. The second-order valence-corrected chi connectivity index (χ2v) is 8.22. The first kappa shape index (κ1) is 24.7. The van der Waals surface area contributed by atoms with Crippen LogP contribution in [0.3, 0.4) is 0 Å². The Kier molecular flexibility index (Phi) is 6.87. The maximum Gasteiger partial charge on any atom is 0.416 e. The topological polar surface area (TPSA) is 61.4 Å². The van der Waals surface area contributed by atoms with Crippen molar-refractivity contribution in [3.8, 4) is 0 Å². The van der Waals surface area contributed by atoms with E-state index in [1.807, 2.05) is 18.7 Å². The van der Waals surface area contributed by atoms with Gasteiger partial charge in [-0.05, 0) is 37.6 Å². The van der Waals surface area contributed by atoms with E-state index >= 15 is 0 Å². The zero-order valence-electron chi connectivity index (χ0n) is 18.1. The highest BCUT2D eigenvalue weighted by Gasteiger charge is 2.37. The molecule has 0 bridgehead atoms. The van der Waals surface area contributed by atoms with Gasteiger partial charge in [0.05, 0.1) is 16.7 Å². The van der Waals surface area contributed by atoms with E-state index in [0.29, 0.717) is 31.2 Å². The van der Waals surface area contributed by atoms with Crippen LogP contribution in [0.1, 0.15) is 40.9 Å². The third-order valence-electron chi connectivity index (χ3n) is 5.14. The summed E-state index contributed by atoms with van der Waals surface area (Å²) in [5.74, 6) is -0.198. The lowest BCUT2D eigenvalue weighted by Crippen LogP contribution is -2.54. The summed E-state index contributed by atoms with van der Waals surface area (Å²) in [7, 11) is 1.28. The van der Waals surface area contributed by atoms with Crippen molar-refractivity contribution in [1.29, 1.82) is 0 Å². The van der Waals surface area contributed by atoms with Crippen molar-refractivity contribution >= 4 is 11.9 Å². The Morgan fingerprint density at radius 3 is 1.94 bits per heavy atom. The van der Waals surface area contributed by atoms with E-state index in [4.69, 9.17) is 0 Å². The Morgan fingerprint density at radius 2 is 1.48 bits per heavy atom. The smallest absolute Gasteiger partial charge is 0.338 e. The van der Waals surface area contributed by atoms with Gasteiger partial charge in [-0.25, -0.2) is 9.97 Å². The minimum Gasteiger partial charge on any atom is -0.338 e. The summed E-state index contributed by atoms with van der Waals surface area (Å²) in [6, 6.07) is 1.70. The first-order valence-corrected chi connectivity index (χ1v) is 10.1. The molecule has 0 spiro atoms. The number of nitrogens with one attached hydrogen (secondary N) is 1. The van der Waals surface area contributed by atoms with Gasteiger partial charge in [0.2, 0.25) is 5.95 Å². The van der Waals surface area contributed by atoms with Gasteiger partial charge in [-0.1, -0.05) is 0 Å². The predicted octanol–water partition coefficient (Wildman–Crippen LogP) is 3.97. The van der Waals surface area contributed by atoms with E-state index in [0.717, 1.165) is 4.90 Å². The minimum absolute atomic E-state index is 0.0513. The van der Waals surface area contributed by atoms with Crippen molar-refractivity contribution in [3.05, 3.63) is 52.8 Å². The summed E-state index contributed by atoms with van der Waals surface area (Å²) in [5, 5.41) is 3.37. The largest absolute Gasteiger partial charge is 0.416 e. The fraction of sp³-hybridized carbons (Fsp3) is 0.476. The summed E-state index contributed by atoms with van der Waals surface area (Å²) in [5.41, 5.74) is -3.09. The van der Waals surface area contributed by atoms with Gasteiger partial charge in [0.15, 0.2) is 0 Å². The first-order chi connectivity index (χ1) is 15.2.